The van der Waals surface area contributed by atoms with Gasteiger partial charge in [-0.15, -0.1) is 0 Å². The predicted octanol–water partition coefficient (Wildman–Crippen LogP) is 7.34. The van der Waals surface area contributed by atoms with Gasteiger partial charge in [0.15, 0.2) is 0 Å². The number of carbonyl (C=O) groups is 1. The molecule has 0 aliphatic carbocycles. The third kappa shape index (κ3) is 25.7. The molecule has 0 saturated carbocycles. The Kier molecular flexibility index (Phi) is 26.0. The van der Waals surface area contributed by atoms with E-state index in [9.17, 15) is 4.79 Å². The topological polar surface area (TPSA) is 29.5 Å². The highest BCUT2D eigenvalue weighted by atomic mass is 16.5. The van der Waals surface area contributed by atoms with E-state index in [1.165, 1.54) is 83.5 Å². The van der Waals surface area contributed by atoms with Gasteiger partial charge in [0.25, 0.3) is 0 Å². The number of hydrogen-bond donors (Lipinski definition) is 0. The molecule has 158 valence electrons. The Hall–Kier alpha value is -0.570. The molecule has 0 aliphatic rings. The standard InChI is InChI=1S/C21H43NO2.C2H6/c1-4-5-6-7-8-9-10-11-12-13-14-15-16-17-18-19-21(23)24-20-22(2)3;1-2/h4-20H2,1-3H3;1-2H3. The number of unbranched alkanes of at least 4 members (excludes halogenated alkanes) is 14. The van der Waals surface area contributed by atoms with Crippen molar-refractivity contribution in [2.45, 2.75) is 124 Å². The summed E-state index contributed by atoms with van der Waals surface area (Å²) < 4.78 is 5.11. The number of ether oxygens (including phenoxy) is 1. The van der Waals surface area contributed by atoms with Crippen LogP contribution in [0.5, 0.6) is 0 Å². The summed E-state index contributed by atoms with van der Waals surface area (Å²) in [5.41, 5.74) is 0. The van der Waals surface area contributed by atoms with E-state index in [2.05, 4.69) is 6.92 Å². The van der Waals surface area contributed by atoms with Crippen LogP contribution in [0.25, 0.3) is 0 Å². The highest BCUT2D eigenvalue weighted by Crippen LogP contribution is 2.13. The first-order valence-corrected chi connectivity index (χ1v) is 11.5. The van der Waals surface area contributed by atoms with Crippen molar-refractivity contribution in [2.75, 3.05) is 20.8 Å². The Morgan fingerprint density at radius 3 is 1.35 bits per heavy atom. The lowest BCUT2D eigenvalue weighted by Gasteiger charge is -2.10. The van der Waals surface area contributed by atoms with Gasteiger partial charge in [-0.3, -0.25) is 9.69 Å². The average molecular weight is 372 g/mol. The van der Waals surface area contributed by atoms with Gasteiger partial charge in [0.2, 0.25) is 0 Å². The van der Waals surface area contributed by atoms with Gasteiger partial charge in [-0.1, -0.05) is 111 Å². The molecule has 26 heavy (non-hydrogen) atoms. The third-order valence-corrected chi connectivity index (χ3v) is 4.47. The molecule has 0 heterocycles. The van der Waals surface area contributed by atoms with Crippen LogP contribution in [0.3, 0.4) is 0 Å². The van der Waals surface area contributed by atoms with Gasteiger partial charge < -0.3 is 4.74 Å². The second-order valence-electron chi connectivity index (χ2n) is 7.42. The van der Waals surface area contributed by atoms with E-state index in [1.807, 2.05) is 32.8 Å². The Labute approximate surface area is 165 Å². The Bertz CT molecular complexity index is 267. The lowest BCUT2D eigenvalue weighted by molar-refractivity contribution is -0.147. The van der Waals surface area contributed by atoms with Crippen LogP contribution < -0.4 is 0 Å². The summed E-state index contributed by atoms with van der Waals surface area (Å²) in [4.78, 5) is 13.3. The fourth-order valence-electron chi connectivity index (χ4n) is 2.91. The molecule has 0 fully saturated rings. The maximum absolute atomic E-state index is 11.4. The highest BCUT2D eigenvalue weighted by molar-refractivity contribution is 5.69. The van der Waals surface area contributed by atoms with Crippen LogP contribution in [0.15, 0.2) is 0 Å². The first-order valence-electron chi connectivity index (χ1n) is 11.5. The van der Waals surface area contributed by atoms with Crippen molar-refractivity contribution < 1.29 is 9.53 Å². The van der Waals surface area contributed by atoms with Crippen molar-refractivity contribution in [1.82, 2.24) is 4.90 Å². The fourth-order valence-corrected chi connectivity index (χ4v) is 2.91. The van der Waals surface area contributed by atoms with E-state index < -0.39 is 0 Å². The zero-order valence-electron chi connectivity index (χ0n) is 18.8. The van der Waals surface area contributed by atoms with E-state index in [-0.39, 0.29) is 5.97 Å². The number of hydrogen-bond acceptors (Lipinski definition) is 3. The van der Waals surface area contributed by atoms with Crippen molar-refractivity contribution in [3.63, 3.8) is 0 Å². The summed E-state index contributed by atoms with van der Waals surface area (Å²) in [6.45, 7) is 6.68. The molecule has 0 unspecified atom stereocenters. The average Bonchev–Trinajstić information content (AvgIpc) is 2.64. The molecular weight excluding hydrogens is 322 g/mol. The molecule has 0 amide bonds. The summed E-state index contributed by atoms with van der Waals surface area (Å²) in [5.74, 6) is -0.0570. The summed E-state index contributed by atoms with van der Waals surface area (Å²) in [5, 5.41) is 0. The minimum absolute atomic E-state index is 0.0570. The molecule has 3 nitrogen and oxygen atoms in total. The summed E-state index contributed by atoms with van der Waals surface area (Å²) >= 11 is 0. The van der Waals surface area contributed by atoms with Gasteiger partial charge in [-0.25, -0.2) is 0 Å². The van der Waals surface area contributed by atoms with Crippen molar-refractivity contribution in [3.8, 4) is 0 Å². The molecule has 0 rings (SSSR count). The van der Waals surface area contributed by atoms with Gasteiger partial charge in [0, 0.05) is 6.42 Å². The van der Waals surface area contributed by atoms with E-state index >= 15 is 0 Å². The molecule has 0 saturated heterocycles. The summed E-state index contributed by atoms with van der Waals surface area (Å²) in [6.07, 6.45) is 20.8. The number of nitrogens with zero attached hydrogens (tertiary/aromatic N) is 1. The lowest BCUT2D eigenvalue weighted by Crippen LogP contribution is -2.19. The van der Waals surface area contributed by atoms with Crippen molar-refractivity contribution in [1.29, 1.82) is 0 Å². The molecule has 0 radical (unpaired) electrons. The maximum atomic E-state index is 11.4. The van der Waals surface area contributed by atoms with Gasteiger partial charge in [0.05, 0.1) is 0 Å². The van der Waals surface area contributed by atoms with Crippen molar-refractivity contribution in [2.24, 2.45) is 0 Å². The Morgan fingerprint density at radius 1 is 0.654 bits per heavy atom. The van der Waals surface area contributed by atoms with E-state index in [1.54, 1.807) is 0 Å². The summed E-state index contributed by atoms with van der Waals surface area (Å²) in [6, 6.07) is 0. The first-order chi connectivity index (χ1) is 12.7. The minimum Gasteiger partial charge on any atom is -0.450 e. The minimum atomic E-state index is -0.0570. The molecule has 0 aromatic rings. The second kappa shape index (κ2) is 24.4. The smallest absolute Gasteiger partial charge is 0.307 e. The summed E-state index contributed by atoms with van der Waals surface area (Å²) in [7, 11) is 3.81. The molecule has 0 aromatic carbocycles. The lowest BCUT2D eigenvalue weighted by atomic mass is 10.0. The van der Waals surface area contributed by atoms with Gasteiger partial charge in [-0.2, -0.15) is 0 Å². The fraction of sp³-hybridized carbons (Fsp3) is 0.957. The Morgan fingerprint density at radius 2 is 1.00 bits per heavy atom. The van der Waals surface area contributed by atoms with Crippen LogP contribution in [0.2, 0.25) is 0 Å². The van der Waals surface area contributed by atoms with Gasteiger partial charge in [0.1, 0.15) is 6.73 Å². The SMILES string of the molecule is CC.CCCCCCCCCCCCCCCCCC(=O)OCN(C)C. The normalized spacial score (nSPS) is 10.5. The molecule has 3 heteroatoms. The largest absolute Gasteiger partial charge is 0.450 e. The number of carbonyl (C=O) groups excluding carboxylic acids is 1. The molecule has 0 aromatic heterocycles. The molecule has 0 aliphatic heterocycles. The number of rotatable bonds is 18. The quantitative estimate of drug-likeness (QED) is 0.143. The second-order valence-corrected chi connectivity index (χ2v) is 7.42. The van der Waals surface area contributed by atoms with E-state index in [0.717, 1.165) is 12.8 Å². The van der Waals surface area contributed by atoms with E-state index in [0.29, 0.717) is 13.2 Å². The highest BCUT2D eigenvalue weighted by Gasteiger charge is 2.02. The predicted molar refractivity (Wildman–Crippen MR) is 116 cm³/mol. The van der Waals surface area contributed by atoms with Crippen LogP contribution >= 0.6 is 0 Å². The molecule has 0 spiro atoms. The molecular formula is C23H49NO2. The van der Waals surface area contributed by atoms with E-state index in [4.69, 9.17) is 4.74 Å². The van der Waals surface area contributed by atoms with Gasteiger partial charge >= 0.3 is 5.97 Å². The van der Waals surface area contributed by atoms with Crippen LogP contribution in [0, 0.1) is 0 Å². The Balaban J connectivity index is 0. The monoisotopic (exact) mass is 371 g/mol. The van der Waals surface area contributed by atoms with Crippen LogP contribution in [0.4, 0.5) is 0 Å². The molecule has 0 atom stereocenters. The van der Waals surface area contributed by atoms with Crippen LogP contribution in [0.1, 0.15) is 124 Å². The molecule has 0 N–H and O–H groups in total. The van der Waals surface area contributed by atoms with Crippen molar-refractivity contribution >= 4 is 5.97 Å². The maximum Gasteiger partial charge on any atom is 0.307 e. The van der Waals surface area contributed by atoms with Gasteiger partial charge in [-0.05, 0) is 20.5 Å². The molecule has 0 bridgehead atoms. The van der Waals surface area contributed by atoms with Crippen molar-refractivity contribution in [3.05, 3.63) is 0 Å². The third-order valence-electron chi connectivity index (χ3n) is 4.47. The number of esters is 1. The first kappa shape index (κ1) is 27.6. The van der Waals surface area contributed by atoms with Crippen LogP contribution in [-0.2, 0) is 9.53 Å². The zero-order valence-corrected chi connectivity index (χ0v) is 18.8. The van der Waals surface area contributed by atoms with Crippen LogP contribution in [-0.4, -0.2) is 31.7 Å². The zero-order chi connectivity index (χ0) is 19.9.